The summed E-state index contributed by atoms with van der Waals surface area (Å²) in [4.78, 5) is 31.4. The molecule has 1 saturated heterocycles. The van der Waals surface area contributed by atoms with Gasteiger partial charge in [0.2, 0.25) is 0 Å². The molecular weight excluding hydrogens is 305 g/mol. The molecule has 0 bridgehead atoms. The molecule has 1 rings (SSSR count). The Morgan fingerprint density at radius 1 is 1.32 bits per heavy atom. The van der Waals surface area contributed by atoms with E-state index in [0.717, 1.165) is 12.8 Å². The van der Waals surface area contributed by atoms with Crippen molar-refractivity contribution in [3.8, 4) is 0 Å². The van der Waals surface area contributed by atoms with Gasteiger partial charge in [-0.1, -0.05) is 26.0 Å². The van der Waals surface area contributed by atoms with Crippen molar-refractivity contribution in [2.75, 3.05) is 13.2 Å². The van der Waals surface area contributed by atoms with Crippen LogP contribution in [0.2, 0.25) is 0 Å². The highest BCUT2D eigenvalue weighted by atomic mass is 31.2. The third-order valence-corrected chi connectivity index (χ3v) is 5.60. The molecule has 0 aromatic carbocycles. The van der Waals surface area contributed by atoms with E-state index < -0.39 is 31.2 Å². The summed E-state index contributed by atoms with van der Waals surface area (Å²) in [5, 5.41) is 3.01. The average Bonchev–Trinajstić information content (AvgIpc) is 2.91. The fraction of sp³-hybridized carbons (Fsp3) is 0.800. The summed E-state index contributed by atoms with van der Waals surface area (Å²) in [6.07, 6.45) is 5.88. The lowest BCUT2D eigenvalue weighted by molar-refractivity contribution is -0.146. The number of nitrogens with one attached hydrogen (secondary N) is 1. The van der Waals surface area contributed by atoms with Crippen molar-refractivity contribution < 1.29 is 23.9 Å². The number of esters is 1. The Morgan fingerprint density at radius 3 is 2.45 bits per heavy atom. The molecule has 0 spiro atoms. The quantitative estimate of drug-likeness (QED) is 0.357. The number of allylic oxidation sites excluding steroid dienone is 2. The molecule has 0 saturated carbocycles. The first kappa shape index (κ1) is 19.4. The minimum Gasteiger partial charge on any atom is -0.465 e. The molecule has 0 radical (unpaired) electrons. The average molecular weight is 333 g/mol. The first-order valence-electron chi connectivity index (χ1n) is 7.98. The molecule has 128 valence electrons. The van der Waals surface area contributed by atoms with Crippen LogP contribution in [0, 0.1) is 11.8 Å². The Labute approximate surface area is 132 Å². The molecule has 3 N–H and O–H groups in total. The molecule has 1 aliphatic rings. The van der Waals surface area contributed by atoms with Crippen molar-refractivity contribution in [1.29, 1.82) is 0 Å². The van der Waals surface area contributed by atoms with E-state index in [0.29, 0.717) is 18.9 Å². The maximum Gasteiger partial charge on any atom is 0.332 e. The van der Waals surface area contributed by atoms with Crippen molar-refractivity contribution in [2.45, 2.75) is 51.7 Å². The summed E-state index contributed by atoms with van der Waals surface area (Å²) in [5.41, 5.74) is -0.947. The predicted octanol–water partition coefficient (Wildman–Crippen LogP) is 2.07. The molecule has 1 fully saturated rings. The topological polar surface area (TPSA) is 95.9 Å². The molecule has 0 aliphatic carbocycles. The Morgan fingerprint density at radius 2 is 1.95 bits per heavy atom. The molecule has 3 unspecified atom stereocenters. The summed E-state index contributed by atoms with van der Waals surface area (Å²) in [5.74, 6) is -0.575. The van der Waals surface area contributed by atoms with Crippen LogP contribution in [0.25, 0.3) is 0 Å². The molecule has 22 heavy (non-hydrogen) atoms. The van der Waals surface area contributed by atoms with Gasteiger partial charge in [-0.25, -0.2) is 0 Å². The van der Waals surface area contributed by atoms with Crippen molar-refractivity contribution in [2.24, 2.45) is 11.8 Å². The van der Waals surface area contributed by atoms with Gasteiger partial charge in [0, 0.05) is 5.92 Å². The van der Waals surface area contributed by atoms with Crippen molar-refractivity contribution in [3.63, 3.8) is 0 Å². The Balaban J connectivity index is 2.96. The van der Waals surface area contributed by atoms with Crippen LogP contribution < -0.4 is 5.32 Å². The van der Waals surface area contributed by atoms with Gasteiger partial charge in [-0.15, -0.1) is 0 Å². The maximum absolute atomic E-state index is 12.0. The molecule has 7 heteroatoms. The van der Waals surface area contributed by atoms with Crippen LogP contribution in [0.1, 0.15) is 40.0 Å². The number of hydrogen-bond donors (Lipinski definition) is 3. The smallest absolute Gasteiger partial charge is 0.332 e. The lowest BCUT2D eigenvalue weighted by atomic mass is 9.94. The Bertz CT molecular complexity index is 430. The van der Waals surface area contributed by atoms with E-state index in [9.17, 15) is 19.1 Å². The number of hydrogen-bond acceptors (Lipinski definition) is 4. The maximum atomic E-state index is 12.0. The number of carbonyl (C=O) groups is 1. The van der Waals surface area contributed by atoms with Crippen LogP contribution in [0.15, 0.2) is 12.2 Å². The Hall–Kier alpha value is -0.680. The van der Waals surface area contributed by atoms with Gasteiger partial charge >= 0.3 is 13.6 Å². The van der Waals surface area contributed by atoms with Crippen LogP contribution >= 0.6 is 7.60 Å². The van der Waals surface area contributed by atoms with E-state index in [-0.39, 0.29) is 6.61 Å². The summed E-state index contributed by atoms with van der Waals surface area (Å²) < 4.78 is 16.9. The van der Waals surface area contributed by atoms with Gasteiger partial charge in [0.1, 0.15) is 6.04 Å². The summed E-state index contributed by atoms with van der Waals surface area (Å²) in [7, 11) is -4.33. The Kier molecular flexibility index (Phi) is 7.77. The molecule has 6 nitrogen and oxygen atoms in total. The lowest BCUT2D eigenvalue weighted by Crippen LogP contribution is -2.41. The molecular formula is C15H28NO5P. The molecule has 0 amide bonds. The molecule has 3 atom stereocenters. The van der Waals surface area contributed by atoms with Crippen molar-refractivity contribution >= 4 is 13.6 Å². The lowest BCUT2D eigenvalue weighted by Gasteiger charge is -2.26. The van der Waals surface area contributed by atoms with Crippen molar-refractivity contribution in [1.82, 2.24) is 5.32 Å². The van der Waals surface area contributed by atoms with E-state index in [2.05, 4.69) is 5.32 Å². The van der Waals surface area contributed by atoms with E-state index >= 15 is 0 Å². The highest BCUT2D eigenvalue weighted by Crippen LogP contribution is 2.48. The fourth-order valence-electron chi connectivity index (χ4n) is 2.92. The van der Waals surface area contributed by atoms with Gasteiger partial charge < -0.3 is 19.8 Å². The van der Waals surface area contributed by atoms with Gasteiger partial charge in [0.15, 0.2) is 0 Å². The zero-order valence-corrected chi connectivity index (χ0v) is 14.5. The third kappa shape index (κ3) is 5.20. The highest BCUT2D eigenvalue weighted by molar-refractivity contribution is 7.52. The highest BCUT2D eigenvalue weighted by Gasteiger charge is 2.44. The second kappa shape index (κ2) is 8.82. The van der Waals surface area contributed by atoms with Gasteiger partial charge in [-0.3, -0.25) is 9.36 Å². The first-order valence-corrected chi connectivity index (χ1v) is 9.66. The molecule has 1 heterocycles. The zero-order valence-electron chi connectivity index (χ0n) is 13.6. The molecule has 1 aliphatic heterocycles. The van der Waals surface area contributed by atoms with Crippen LogP contribution in [0.3, 0.4) is 0 Å². The predicted molar refractivity (Wildman–Crippen MR) is 85.6 cm³/mol. The van der Waals surface area contributed by atoms with E-state index in [1.54, 1.807) is 13.0 Å². The van der Waals surface area contributed by atoms with Gasteiger partial charge in [0.05, 0.1) is 12.3 Å². The minimum absolute atomic E-state index is 0.258. The van der Waals surface area contributed by atoms with E-state index in [4.69, 9.17) is 4.74 Å². The van der Waals surface area contributed by atoms with Crippen LogP contribution in [0.5, 0.6) is 0 Å². The largest absolute Gasteiger partial charge is 0.465 e. The van der Waals surface area contributed by atoms with Crippen LogP contribution in [-0.2, 0) is 14.1 Å². The third-order valence-electron chi connectivity index (χ3n) is 4.27. The zero-order chi connectivity index (χ0) is 16.8. The van der Waals surface area contributed by atoms with Gasteiger partial charge in [0.25, 0.3) is 0 Å². The number of rotatable bonds is 8. The summed E-state index contributed by atoms with van der Waals surface area (Å²) in [6.45, 7) is 6.62. The monoisotopic (exact) mass is 333 g/mol. The second-order valence-corrected chi connectivity index (χ2v) is 7.45. The van der Waals surface area contributed by atoms with E-state index in [1.165, 1.54) is 0 Å². The van der Waals surface area contributed by atoms with Crippen LogP contribution in [0.4, 0.5) is 0 Å². The van der Waals surface area contributed by atoms with Crippen molar-refractivity contribution in [3.05, 3.63) is 12.2 Å². The van der Waals surface area contributed by atoms with E-state index in [1.807, 2.05) is 19.9 Å². The summed E-state index contributed by atoms with van der Waals surface area (Å²) >= 11 is 0. The SMILES string of the molecule is CCOC(=O)C1NCCC1C(/C=C/C(CC)CC)P(=O)(O)O. The molecule has 0 aromatic rings. The fourth-order valence-corrected chi connectivity index (χ4v) is 4.06. The number of carbonyl (C=O) groups excluding carboxylic acids is 1. The standard InChI is InChI=1S/C15H28NO5P/c1-4-11(5-2)7-8-13(22(18,19)20)12-9-10-16-14(12)15(17)21-6-3/h7-8,11-14,16H,4-6,9-10H2,1-3H3,(H2,18,19,20)/b8-7+. The second-order valence-electron chi connectivity index (χ2n) is 5.68. The minimum atomic E-state index is -4.33. The first-order chi connectivity index (χ1) is 10.3. The summed E-state index contributed by atoms with van der Waals surface area (Å²) in [6, 6.07) is -0.649. The van der Waals surface area contributed by atoms with Gasteiger partial charge in [-0.05, 0) is 38.6 Å². The normalized spacial score (nSPS) is 24.1. The van der Waals surface area contributed by atoms with Gasteiger partial charge in [-0.2, -0.15) is 0 Å². The number of ether oxygens (including phenoxy) is 1. The van der Waals surface area contributed by atoms with Crippen LogP contribution in [-0.4, -0.2) is 40.6 Å². The molecule has 0 aromatic heterocycles.